The first-order valence-electron chi connectivity index (χ1n) is 6.96. The zero-order valence-corrected chi connectivity index (χ0v) is 11.5. The highest BCUT2D eigenvalue weighted by Crippen LogP contribution is 2.29. The van der Waals surface area contributed by atoms with Crippen molar-refractivity contribution < 1.29 is 4.74 Å². The maximum atomic E-state index is 5.81. The second kappa shape index (κ2) is 5.74. The van der Waals surface area contributed by atoms with E-state index in [0.717, 1.165) is 40.9 Å². The molecule has 0 aliphatic carbocycles. The lowest BCUT2D eigenvalue weighted by Gasteiger charge is -2.10. The van der Waals surface area contributed by atoms with Gasteiger partial charge in [-0.15, -0.1) is 0 Å². The van der Waals surface area contributed by atoms with E-state index < -0.39 is 0 Å². The topological polar surface area (TPSA) is 22.1 Å². The van der Waals surface area contributed by atoms with Gasteiger partial charge in [0.25, 0.3) is 0 Å². The van der Waals surface area contributed by atoms with E-state index >= 15 is 0 Å². The minimum Gasteiger partial charge on any atom is -0.493 e. The van der Waals surface area contributed by atoms with Gasteiger partial charge in [-0.25, -0.2) is 4.98 Å². The van der Waals surface area contributed by atoms with Crippen molar-refractivity contribution in [3.8, 4) is 17.0 Å². The van der Waals surface area contributed by atoms with Gasteiger partial charge >= 0.3 is 0 Å². The van der Waals surface area contributed by atoms with Gasteiger partial charge in [-0.3, -0.25) is 0 Å². The molecule has 0 unspecified atom stereocenters. The number of hydrogen-bond donors (Lipinski definition) is 0. The quantitative estimate of drug-likeness (QED) is 0.681. The average Bonchev–Trinajstić information content (AvgIpc) is 2.53. The van der Waals surface area contributed by atoms with Crippen LogP contribution in [-0.2, 0) is 0 Å². The van der Waals surface area contributed by atoms with E-state index in [4.69, 9.17) is 9.72 Å². The summed E-state index contributed by atoms with van der Waals surface area (Å²) < 4.78 is 5.81. The van der Waals surface area contributed by atoms with Crippen LogP contribution in [0.25, 0.3) is 22.2 Å². The summed E-state index contributed by atoms with van der Waals surface area (Å²) in [5.74, 6) is 0.900. The third-order valence-corrected chi connectivity index (χ3v) is 3.22. The molecule has 0 fully saturated rings. The minimum absolute atomic E-state index is 0.727. The first-order valence-corrected chi connectivity index (χ1v) is 6.96. The summed E-state index contributed by atoms with van der Waals surface area (Å²) in [4.78, 5) is 4.73. The fourth-order valence-electron chi connectivity index (χ4n) is 2.23. The second-order valence-electron chi connectivity index (χ2n) is 4.73. The lowest BCUT2D eigenvalue weighted by atomic mass is 10.1. The molecule has 20 heavy (non-hydrogen) atoms. The maximum absolute atomic E-state index is 5.81. The largest absolute Gasteiger partial charge is 0.493 e. The Balaban J connectivity index is 2.06. The molecule has 0 spiro atoms. The van der Waals surface area contributed by atoms with E-state index in [9.17, 15) is 0 Å². The summed E-state index contributed by atoms with van der Waals surface area (Å²) in [6.07, 6.45) is 0.999. The fourth-order valence-corrected chi connectivity index (χ4v) is 2.23. The van der Waals surface area contributed by atoms with Crippen LogP contribution < -0.4 is 4.74 Å². The van der Waals surface area contributed by atoms with Crippen LogP contribution in [0.1, 0.15) is 13.3 Å². The third kappa shape index (κ3) is 2.50. The Bertz CT molecular complexity index is 721. The summed E-state index contributed by atoms with van der Waals surface area (Å²) in [5, 5.41) is 1.16. The molecule has 2 heteroatoms. The van der Waals surface area contributed by atoms with Crippen LogP contribution in [0.15, 0.2) is 60.7 Å². The normalized spacial score (nSPS) is 10.7. The number of nitrogens with zero attached hydrogens (tertiary/aromatic N) is 1. The summed E-state index contributed by atoms with van der Waals surface area (Å²) in [5.41, 5.74) is 3.01. The van der Waals surface area contributed by atoms with Crippen molar-refractivity contribution in [1.82, 2.24) is 4.98 Å². The molecule has 0 N–H and O–H groups in total. The zero-order chi connectivity index (χ0) is 13.8. The van der Waals surface area contributed by atoms with Crippen LogP contribution in [0.4, 0.5) is 0 Å². The third-order valence-electron chi connectivity index (χ3n) is 3.22. The van der Waals surface area contributed by atoms with Gasteiger partial charge in [0.1, 0.15) is 5.75 Å². The number of fused-ring (bicyclic) bond motifs is 1. The van der Waals surface area contributed by atoms with Crippen molar-refractivity contribution in [3.63, 3.8) is 0 Å². The predicted octanol–water partition coefficient (Wildman–Crippen LogP) is 4.69. The molecule has 1 aromatic heterocycles. The SMILES string of the molecule is CCCOc1ccccc1-c1ccc2ccccc2n1. The van der Waals surface area contributed by atoms with Gasteiger partial charge in [-0.2, -0.15) is 0 Å². The Morgan fingerprint density at radius 3 is 2.60 bits per heavy atom. The minimum atomic E-state index is 0.727. The van der Waals surface area contributed by atoms with Gasteiger partial charge in [0.2, 0.25) is 0 Å². The van der Waals surface area contributed by atoms with Crippen LogP contribution in [0, 0.1) is 0 Å². The first kappa shape index (κ1) is 12.7. The molecule has 2 nitrogen and oxygen atoms in total. The molecule has 0 atom stereocenters. The molecule has 0 aliphatic heterocycles. The molecule has 0 amide bonds. The Hall–Kier alpha value is -2.35. The van der Waals surface area contributed by atoms with E-state index in [1.54, 1.807) is 0 Å². The lowest BCUT2D eigenvalue weighted by Crippen LogP contribution is -1.97. The second-order valence-corrected chi connectivity index (χ2v) is 4.73. The molecule has 0 saturated heterocycles. The van der Waals surface area contributed by atoms with Gasteiger partial charge in [0, 0.05) is 10.9 Å². The summed E-state index contributed by atoms with van der Waals surface area (Å²) in [6, 6.07) is 20.4. The molecular weight excluding hydrogens is 246 g/mol. The molecule has 0 bridgehead atoms. The lowest BCUT2D eigenvalue weighted by molar-refractivity contribution is 0.318. The molecular formula is C18H17NO. The molecule has 3 aromatic rings. The van der Waals surface area contributed by atoms with Gasteiger partial charge in [0.15, 0.2) is 0 Å². The highest BCUT2D eigenvalue weighted by molar-refractivity contribution is 5.82. The van der Waals surface area contributed by atoms with E-state index in [-0.39, 0.29) is 0 Å². The van der Waals surface area contributed by atoms with E-state index in [1.165, 1.54) is 0 Å². The fraction of sp³-hybridized carbons (Fsp3) is 0.167. The van der Waals surface area contributed by atoms with Crippen LogP contribution in [0.3, 0.4) is 0 Å². The van der Waals surface area contributed by atoms with Gasteiger partial charge in [-0.05, 0) is 30.7 Å². The number of rotatable bonds is 4. The van der Waals surface area contributed by atoms with E-state index in [1.807, 2.05) is 36.4 Å². The van der Waals surface area contributed by atoms with Crippen LogP contribution in [-0.4, -0.2) is 11.6 Å². The Kier molecular flexibility index (Phi) is 3.64. The summed E-state index contributed by atoms with van der Waals surface area (Å²) in [6.45, 7) is 2.83. The van der Waals surface area contributed by atoms with Gasteiger partial charge in [0.05, 0.1) is 17.8 Å². The van der Waals surface area contributed by atoms with Crippen LogP contribution >= 0.6 is 0 Å². The Labute approximate surface area is 119 Å². The molecule has 2 aromatic carbocycles. The van der Waals surface area contributed by atoms with Crippen LogP contribution in [0.2, 0.25) is 0 Å². The van der Waals surface area contributed by atoms with Crippen molar-refractivity contribution in [1.29, 1.82) is 0 Å². The number of para-hydroxylation sites is 2. The predicted molar refractivity (Wildman–Crippen MR) is 83.0 cm³/mol. The zero-order valence-electron chi connectivity index (χ0n) is 11.5. The Morgan fingerprint density at radius 1 is 0.900 bits per heavy atom. The number of pyridine rings is 1. The molecule has 0 aliphatic rings. The van der Waals surface area contributed by atoms with Crippen LogP contribution in [0.5, 0.6) is 5.75 Å². The molecule has 3 rings (SSSR count). The van der Waals surface area contributed by atoms with Crippen molar-refractivity contribution in [2.45, 2.75) is 13.3 Å². The van der Waals surface area contributed by atoms with Crippen molar-refractivity contribution in [2.75, 3.05) is 6.61 Å². The maximum Gasteiger partial charge on any atom is 0.128 e. The molecule has 1 heterocycles. The molecule has 0 saturated carbocycles. The molecule has 0 radical (unpaired) electrons. The molecule has 100 valence electrons. The van der Waals surface area contributed by atoms with Crippen molar-refractivity contribution >= 4 is 10.9 Å². The van der Waals surface area contributed by atoms with Gasteiger partial charge in [-0.1, -0.05) is 43.3 Å². The number of ether oxygens (including phenoxy) is 1. The smallest absolute Gasteiger partial charge is 0.128 e. The van der Waals surface area contributed by atoms with Crippen molar-refractivity contribution in [2.24, 2.45) is 0 Å². The number of benzene rings is 2. The number of hydrogen-bond acceptors (Lipinski definition) is 2. The number of aromatic nitrogens is 1. The van der Waals surface area contributed by atoms with E-state index in [2.05, 4.69) is 31.2 Å². The highest BCUT2D eigenvalue weighted by atomic mass is 16.5. The first-order chi connectivity index (χ1) is 9.88. The monoisotopic (exact) mass is 263 g/mol. The standard InChI is InChI=1S/C18H17NO/c1-2-13-20-18-10-6-4-8-15(18)17-12-11-14-7-3-5-9-16(14)19-17/h3-12H,2,13H2,1H3. The van der Waals surface area contributed by atoms with E-state index in [0.29, 0.717) is 0 Å². The van der Waals surface area contributed by atoms with Crippen molar-refractivity contribution in [3.05, 3.63) is 60.7 Å². The summed E-state index contributed by atoms with van der Waals surface area (Å²) in [7, 11) is 0. The highest BCUT2D eigenvalue weighted by Gasteiger charge is 2.07. The average molecular weight is 263 g/mol. The van der Waals surface area contributed by atoms with Gasteiger partial charge < -0.3 is 4.74 Å². The summed E-state index contributed by atoms with van der Waals surface area (Å²) >= 11 is 0. The Morgan fingerprint density at radius 2 is 1.70 bits per heavy atom.